The van der Waals surface area contributed by atoms with Crippen molar-refractivity contribution < 1.29 is 19.3 Å². The van der Waals surface area contributed by atoms with Crippen LogP contribution in [0, 0.1) is 23.2 Å². The molecule has 5 atom stereocenters. The number of rotatable bonds is 2. The molecular weight excluding hydrogens is 300 g/mol. The highest BCUT2D eigenvalue weighted by Gasteiger charge is 2.52. The fourth-order valence-electron chi connectivity index (χ4n) is 5.83. The van der Waals surface area contributed by atoms with Gasteiger partial charge in [-0.3, -0.25) is 4.79 Å². The van der Waals surface area contributed by atoms with Crippen LogP contribution in [0.4, 0.5) is 0 Å². The molecule has 2 N–H and O–H groups in total. The smallest absolute Gasteiger partial charge is 0.315 e. The average molecular weight is 335 g/mol. The quantitative estimate of drug-likeness (QED) is 0.538. The van der Waals surface area contributed by atoms with Crippen LogP contribution in [0.25, 0.3) is 0 Å². The van der Waals surface area contributed by atoms with Gasteiger partial charge < -0.3 is 14.5 Å². The summed E-state index contributed by atoms with van der Waals surface area (Å²) in [4.78, 5) is 15.8. The molecule has 0 amide bonds. The zero-order valence-electron chi connectivity index (χ0n) is 15.6. The number of hydrogen-bond donors (Lipinski definition) is 2. The van der Waals surface area contributed by atoms with Gasteiger partial charge in [0.2, 0.25) is 0 Å². The molecule has 0 aromatic heterocycles. The van der Waals surface area contributed by atoms with Gasteiger partial charge in [0.05, 0.1) is 13.6 Å². The lowest BCUT2D eigenvalue weighted by atomic mass is 9.59. The van der Waals surface area contributed by atoms with Crippen LogP contribution < -0.4 is 9.80 Å². The summed E-state index contributed by atoms with van der Waals surface area (Å²) in [7, 11) is 2.27. The summed E-state index contributed by atoms with van der Waals surface area (Å²) in [6, 6.07) is 0. The average Bonchev–Trinajstić information content (AvgIpc) is 2.82. The second kappa shape index (κ2) is 6.14. The summed E-state index contributed by atoms with van der Waals surface area (Å²) in [5, 5.41) is 0. The van der Waals surface area contributed by atoms with E-state index < -0.39 is 0 Å². The number of carbonyl (C=O) groups excluding carboxylic acids is 1. The van der Waals surface area contributed by atoms with Crippen LogP contribution >= 0.6 is 0 Å². The van der Waals surface area contributed by atoms with Crippen molar-refractivity contribution in [3.8, 4) is 0 Å². The van der Waals surface area contributed by atoms with Gasteiger partial charge in [0.15, 0.2) is 0 Å². The molecule has 3 fully saturated rings. The Morgan fingerprint density at radius 2 is 2.04 bits per heavy atom. The lowest BCUT2D eigenvalue weighted by Crippen LogP contribution is -3.27. The van der Waals surface area contributed by atoms with Gasteiger partial charge in [-0.1, -0.05) is 31.9 Å². The molecule has 134 valence electrons. The zero-order chi connectivity index (χ0) is 16.9. The van der Waals surface area contributed by atoms with Crippen LogP contribution in [0.3, 0.4) is 0 Å². The highest BCUT2D eigenvalue weighted by atomic mass is 16.6. The van der Waals surface area contributed by atoms with Crippen LogP contribution in [0.1, 0.15) is 39.5 Å². The number of esters is 1. The van der Waals surface area contributed by atoms with Crippen molar-refractivity contribution in [2.24, 2.45) is 23.2 Å². The normalized spacial score (nSPS) is 48.3. The maximum absolute atomic E-state index is 12.6. The van der Waals surface area contributed by atoms with Crippen molar-refractivity contribution in [2.45, 2.75) is 45.6 Å². The van der Waals surface area contributed by atoms with E-state index in [-0.39, 0.29) is 23.4 Å². The minimum absolute atomic E-state index is 0.0792. The Balaban J connectivity index is 1.53. The van der Waals surface area contributed by atoms with Crippen molar-refractivity contribution in [2.75, 3.05) is 39.8 Å². The maximum atomic E-state index is 12.6. The van der Waals surface area contributed by atoms with E-state index in [2.05, 4.69) is 27.0 Å². The van der Waals surface area contributed by atoms with E-state index in [0.29, 0.717) is 11.8 Å². The molecule has 4 nitrogen and oxygen atoms in total. The van der Waals surface area contributed by atoms with Gasteiger partial charge in [-0.25, -0.2) is 0 Å². The van der Waals surface area contributed by atoms with Crippen LogP contribution in [0.5, 0.6) is 0 Å². The molecule has 2 aliphatic carbocycles. The Morgan fingerprint density at radius 1 is 1.29 bits per heavy atom. The summed E-state index contributed by atoms with van der Waals surface area (Å²) >= 11 is 0. The van der Waals surface area contributed by atoms with E-state index in [1.807, 2.05) is 0 Å². The molecule has 0 bridgehead atoms. The fraction of sp³-hybridized carbons (Fsp3) is 0.850. The van der Waals surface area contributed by atoms with E-state index in [1.165, 1.54) is 45.4 Å². The minimum Gasteiger partial charge on any atom is -0.461 e. The van der Waals surface area contributed by atoms with E-state index >= 15 is 0 Å². The van der Waals surface area contributed by atoms with Crippen LogP contribution in [0.2, 0.25) is 0 Å². The first-order valence-electron chi connectivity index (χ1n) is 10.0. The maximum Gasteiger partial charge on any atom is 0.315 e. The highest BCUT2D eigenvalue weighted by Crippen LogP contribution is 2.53. The van der Waals surface area contributed by atoms with E-state index in [9.17, 15) is 4.79 Å². The van der Waals surface area contributed by atoms with Gasteiger partial charge in [0.1, 0.15) is 38.2 Å². The SMILES string of the molecule is C[C@H]1CCC[C@]2(C)C[C@H]3OC(=O)[C@H](C[NH+]4CC[NH+](C)CC4)[C@H]3C=C12. The number of allylic oxidation sites excluding steroid dienone is 1. The van der Waals surface area contributed by atoms with Gasteiger partial charge in [0, 0.05) is 5.92 Å². The molecule has 0 spiro atoms. The molecule has 0 aromatic rings. The monoisotopic (exact) mass is 334 g/mol. The molecule has 2 aliphatic heterocycles. The van der Waals surface area contributed by atoms with Crippen molar-refractivity contribution in [3.05, 3.63) is 11.6 Å². The Kier molecular flexibility index (Phi) is 4.24. The van der Waals surface area contributed by atoms with E-state index in [4.69, 9.17) is 4.74 Å². The van der Waals surface area contributed by atoms with Gasteiger partial charge in [-0.15, -0.1) is 0 Å². The lowest BCUT2D eigenvalue weighted by Gasteiger charge is -2.46. The fourth-order valence-corrected chi connectivity index (χ4v) is 5.83. The summed E-state index contributed by atoms with van der Waals surface area (Å²) in [5.41, 5.74) is 1.91. The van der Waals surface area contributed by atoms with Crippen molar-refractivity contribution in [3.63, 3.8) is 0 Å². The highest BCUT2D eigenvalue weighted by molar-refractivity contribution is 5.76. The first kappa shape index (κ1) is 16.6. The van der Waals surface area contributed by atoms with Gasteiger partial charge >= 0.3 is 5.97 Å². The van der Waals surface area contributed by atoms with Gasteiger partial charge in [-0.2, -0.15) is 0 Å². The van der Waals surface area contributed by atoms with E-state index in [1.54, 1.807) is 15.4 Å². The second-order valence-electron chi connectivity index (χ2n) is 9.25. The molecule has 2 saturated heterocycles. The molecule has 0 radical (unpaired) electrons. The largest absolute Gasteiger partial charge is 0.461 e. The molecule has 0 aromatic carbocycles. The van der Waals surface area contributed by atoms with Crippen molar-refractivity contribution >= 4 is 5.97 Å². The Labute approximate surface area is 146 Å². The first-order chi connectivity index (χ1) is 11.5. The Hall–Kier alpha value is -0.870. The topological polar surface area (TPSA) is 35.2 Å². The third-order valence-electron chi connectivity index (χ3n) is 7.40. The number of hydrogen-bond acceptors (Lipinski definition) is 2. The number of likely N-dealkylation sites (N-methyl/N-ethyl adjacent to an activating group) is 1. The number of carbonyl (C=O) groups is 1. The molecule has 4 rings (SSSR count). The lowest BCUT2D eigenvalue weighted by molar-refractivity contribution is -1.00. The Bertz CT molecular complexity index is 538. The summed E-state index contributed by atoms with van der Waals surface area (Å²) < 4.78 is 5.89. The molecule has 2 heterocycles. The molecule has 4 aliphatic rings. The Morgan fingerprint density at radius 3 is 2.79 bits per heavy atom. The third kappa shape index (κ3) is 2.82. The summed E-state index contributed by atoms with van der Waals surface area (Å²) in [6.07, 6.45) is 7.58. The number of nitrogens with one attached hydrogen (secondary N) is 2. The zero-order valence-corrected chi connectivity index (χ0v) is 15.6. The van der Waals surface area contributed by atoms with E-state index in [0.717, 1.165) is 13.0 Å². The number of fused-ring (bicyclic) bond motifs is 2. The van der Waals surface area contributed by atoms with Crippen molar-refractivity contribution in [1.82, 2.24) is 0 Å². The van der Waals surface area contributed by atoms with Crippen molar-refractivity contribution in [1.29, 1.82) is 0 Å². The van der Waals surface area contributed by atoms with Gasteiger partial charge in [0.25, 0.3) is 0 Å². The first-order valence-corrected chi connectivity index (χ1v) is 10.0. The molecule has 4 heteroatoms. The van der Waals surface area contributed by atoms with Gasteiger partial charge in [-0.05, 0) is 30.6 Å². The molecule has 0 unspecified atom stereocenters. The van der Waals surface area contributed by atoms with Crippen LogP contribution in [0.15, 0.2) is 11.6 Å². The second-order valence-corrected chi connectivity index (χ2v) is 9.25. The number of ether oxygens (including phenoxy) is 1. The summed E-state index contributed by atoms with van der Waals surface area (Å²) in [6.45, 7) is 10.6. The van der Waals surface area contributed by atoms with Crippen LogP contribution in [-0.2, 0) is 9.53 Å². The number of piperazine rings is 1. The predicted octanol–water partition coefficient (Wildman–Crippen LogP) is -0.286. The number of quaternary nitrogens is 2. The third-order valence-corrected chi connectivity index (χ3v) is 7.40. The summed E-state index contributed by atoms with van der Waals surface area (Å²) in [5.74, 6) is 1.19. The molecule has 1 saturated carbocycles. The molecule has 24 heavy (non-hydrogen) atoms. The standard InChI is InChI=1S/C20H32N2O2/c1-14-5-4-6-20(2)12-18-15(11-17(14)20)16(19(23)24-18)13-22-9-7-21(3)8-10-22/h11,14-16,18H,4-10,12-13H2,1-3H3/p+2/t14-,15+,16+,18+,20+/m0/s1. The predicted molar refractivity (Wildman–Crippen MR) is 92.9 cm³/mol. The molecular formula is C20H34N2O2+2. The van der Waals surface area contributed by atoms with Crippen LogP contribution in [-0.4, -0.2) is 51.8 Å². The minimum atomic E-state index is 0.0792.